The molecule has 5 rings (SSSR count). The molecule has 0 bridgehead atoms. The maximum absolute atomic E-state index is 13.4. The molecule has 0 spiro atoms. The molecule has 3 heterocycles. The first-order valence-electron chi connectivity index (χ1n) is 11.1. The Labute approximate surface area is 192 Å². The monoisotopic (exact) mass is 446 g/mol. The van der Waals surface area contributed by atoms with E-state index >= 15 is 0 Å². The Morgan fingerprint density at radius 1 is 1.09 bits per heavy atom. The molecule has 1 aliphatic heterocycles. The zero-order valence-electron chi connectivity index (χ0n) is 18.8. The Bertz CT molecular complexity index is 1200. The summed E-state index contributed by atoms with van der Waals surface area (Å²) < 4.78 is 23.3. The summed E-state index contributed by atoms with van der Waals surface area (Å²) in [4.78, 5) is 6.29. The first-order chi connectivity index (χ1) is 16.1. The van der Waals surface area contributed by atoms with Crippen LogP contribution in [0.1, 0.15) is 25.0 Å². The topological polar surface area (TPSA) is 60.1 Å². The lowest BCUT2D eigenvalue weighted by Gasteiger charge is -2.30. The van der Waals surface area contributed by atoms with Crippen LogP contribution in [0.2, 0.25) is 0 Å². The van der Waals surface area contributed by atoms with Gasteiger partial charge in [0, 0.05) is 30.5 Å². The van der Waals surface area contributed by atoms with Gasteiger partial charge in [0.15, 0.2) is 0 Å². The standard InChI is InChI=1S/C25H27FN6O/c1-18(2)11-31-17-33-14-23-24(31)13-30(25(23)29-21-7-5-20(26)6-8-21)12-19-3-9-22(10-4-19)32-16-27-15-28-32/h3-10,13,15-16,18,29H,11-12,14,17H2,1-2H3. The Morgan fingerprint density at radius 2 is 1.88 bits per heavy atom. The largest absolute Gasteiger partial charge is 0.356 e. The number of rotatable bonds is 7. The molecule has 1 N–H and O–H groups in total. The molecule has 170 valence electrons. The van der Waals surface area contributed by atoms with Crippen molar-refractivity contribution in [1.29, 1.82) is 0 Å². The molecule has 2 aromatic carbocycles. The summed E-state index contributed by atoms with van der Waals surface area (Å²) in [6.45, 7) is 7.13. The minimum absolute atomic E-state index is 0.253. The van der Waals surface area contributed by atoms with Gasteiger partial charge in [0.1, 0.15) is 31.0 Å². The number of ether oxygens (including phenoxy) is 1. The molecular formula is C25H27FN6O. The average molecular weight is 447 g/mol. The van der Waals surface area contributed by atoms with Crippen LogP contribution in [-0.2, 0) is 17.9 Å². The lowest BCUT2D eigenvalue weighted by molar-refractivity contribution is 0.109. The fraction of sp³-hybridized carbons (Fsp3) is 0.280. The van der Waals surface area contributed by atoms with Gasteiger partial charge in [-0.2, -0.15) is 5.10 Å². The van der Waals surface area contributed by atoms with Crippen molar-refractivity contribution in [2.75, 3.05) is 23.5 Å². The van der Waals surface area contributed by atoms with Crippen molar-refractivity contribution in [1.82, 2.24) is 19.3 Å². The highest BCUT2D eigenvalue weighted by Crippen LogP contribution is 2.36. The minimum Gasteiger partial charge on any atom is -0.356 e. The van der Waals surface area contributed by atoms with Crippen LogP contribution in [0.4, 0.5) is 21.6 Å². The van der Waals surface area contributed by atoms with Crippen LogP contribution < -0.4 is 10.2 Å². The van der Waals surface area contributed by atoms with E-state index in [2.05, 4.69) is 57.0 Å². The van der Waals surface area contributed by atoms with Crippen LogP contribution in [-0.4, -0.2) is 32.6 Å². The van der Waals surface area contributed by atoms with E-state index < -0.39 is 0 Å². The van der Waals surface area contributed by atoms with E-state index in [0.29, 0.717) is 25.8 Å². The van der Waals surface area contributed by atoms with Crippen molar-refractivity contribution in [3.8, 4) is 5.69 Å². The molecule has 0 saturated carbocycles. The molecule has 2 aromatic heterocycles. The van der Waals surface area contributed by atoms with E-state index in [0.717, 1.165) is 34.9 Å². The fourth-order valence-electron chi connectivity index (χ4n) is 4.15. The first-order valence-corrected chi connectivity index (χ1v) is 11.1. The van der Waals surface area contributed by atoms with Gasteiger partial charge < -0.3 is 19.5 Å². The third-order valence-electron chi connectivity index (χ3n) is 5.66. The lowest BCUT2D eigenvalue weighted by Crippen LogP contribution is -2.33. The van der Waals surface area contributed by atoms with Crippen LogP contribution >= 0.6 is 0 Å². The second-order valence-electron chi connectivity index (χ2n) is 8.70. The highest BCUT2D eigenvalue weighted by atomic mass is 19.1. The summed E-state index contributed by atoms with van der Waals surface area (Å²) in [6.07, 6.45) is 5.40. The van der Waals surface area contributed by atoms with Gasteiger partial charge in [-0.05, 0) is 47.9 Å². The maximum Gasteiger partial charge on any atom is 0.138 e. The molecule has 4 aromatic rings. The SMILES string of the molecule is CC(C)CN1COCc2c1cn(Cc1ccc(-n3cncn3)cc1)c2Nc1ccc(F)cc1. The second-order valence-corrected chi connectivity index (χ2v) is 8.70. The predicted octanol–water partition coefficient (Wildman–Crippen LogP) is 4.95. The minimum atomic E-state index is -0.253. The number of aromatic nitrogens is 4. The summed E-state index contributed by atoms with van der Waals surface area (Å²) in [5.41, 5.74) is 5.25. The van der Waals surface area contributed by atoms with Crippen LogP contribution in [0, 0.1) is 11.7 Å². The smallest absolute Gasteiger partial charge is 0.138 e. The molecule has 0 unspecified atom stereocenters. The third kappa shape index (κ3) is 4.61. The van der Waals surface area contributed by atoms with Crippen LogP contribution in [0.3, 0.4) is 0 Å². The molecule has 8 heteroatoms. The molecule has 0 fully saturated rings. The molecule has 1 aliphatic rings. The normalized spacial score (nSPS) is 13.4. The van der Waals surface area contributed by atoms with Gasteiger partial charge in [-0.3, -0.25) is 0 Å². The molecule has 0 aliphatic carbocycles. The molecule has 33 heavy (non-hydrogen) atoms. The van der Waals surface area contributed by atoms with Crippen LogP contribution in [0.5, 0.6) is 0 Å². The van der Waals surface area contributed by atoms with Gasteiger partial charge in [-0.1, -0.05) is 26.0 Å². The Hall–Kier alpha value is -3.65. The number of hydrogen-bond acceptors (Lipinski definition) is 5. The Morgan fingerprint density at radius 3 is 2.58 bits per heavy atom. The number of nitrogens with one attached hydrogen (secondary N) is 1. The van der Waals surface area contributed by atoms with Crippen LogP contribution in [0.25, 0.3) is 5.69 Å². The number of benzene rings is 2. The van der Waals surface area contributed by atoms with Gasteiger partial charge >= 0.3 is 0 Å². The van der Waals surface area contributed by atoms with Crippen molar-refractivity contribution in [3.63, 3.8) is 0 Å². The number of anilines is 3. The fourth-order valence-corrected chi connectivity index (χ4v) is 4.15. The lowest BCUT2D eigenvalue weighted by atomic mass is 10.1. The molecular weight excluding hydrogens is 419 g/mol. The van der Waals surface area contributed by atoms with Crippen molar-refractivity contribution in [2.24, 2.45) is 5.92 Å². The first kappa shape index (κ1) is 21.2. The van der Waals surface area contributed by atoms with Gasteiger partial charge in [0.05, 0.1) is 18.0 Å². The van der Waals surface area contributed by atoms with Crippen molar-refractivity contribution in [3.05, 3.63) is 84.3 Å². The Balaban J connectivity index is 1.48. The number of fused-ring (bicyclic) bond motifs is 1. The van der Waals surface area contributed by atoms with Crippen LogP contribution in [0.15, 0.2) is 67.4 Å². The summed E-state index contributed by atoms with van der Waals surface area (Å²) in [6, 6.07) is 14.7. The van der Waals surface area contributed by atoms with Gasteiger partial charge in [-0.15, -0.1) is 0 Å². The van der Waals surface area contributed by atoms with Gasteiger partial charge in [0.25, 0.3) is 0 Å². The number of halogens is 1. The third-order valence-corrected chi connectivity index (χ3v) is 5.66. The zero-order chi connectivity index (χ0) is 22.8. The Kier molecular flexibility index (Phi) is 5.83. The molecule has 0 radical (unpaired) electrons. The maximum atomic E-state index is 13.4. The molecule has 0 atom stereocenters. The van der Waals surface area contributed by atoms with E-state index in [4.69, 9.17) is 4.74 Å². The molecule has 7 nitrogen and oxygen atoms in total. The average Bonchev–Trinajstić information content (AvgIpc) is 3.45. The summed E-state index contributed by atoms with van der Waals surface area (Å²) in [5.74, 6) is 1.23. The highest BCUT2D eigenvalue weighted by molar-refractivity contribution is 5.71. The summed E-state index contributed by atoms with van der Waals surface area (Å²) in [5, 5.41) is 7.69. The summed E-state index contributed by atoms with van der Waals surface area (Å²) >= 11 is 0. The zero-order valence-corrected chi connectivity index (χ0v) is 18.8. The molecule has 0 amide bonds. The van der Waals surface area contributed by atoms with E-state index in [-0.39, 0.29) is 5.82 Å². The van der Waals surface area contributed by atoms with Crippen molar-refractivity contribution in [2.45, 2.75) is 27.0 Å². The van der Waals surface area contributed by atoms with E-state index in [9.17, 15) is 4.39 Å². The van der Waals surface area contributed by atoms with Gasteiger partial charge in [0.2, 0.25) is 0 Å². The van der Waals surface area contributed by atoms with Crippen molar-refractivity contribution >= 4 is 17.2 Å². The number of hydrogen-bond donors (Lipinski definition) is 1. The molecule has 0 saturated heterocycles. The highest BCUT2D eigenvalue weighted by Gasteiger charge is 2.25. The van der Waals surface area contributed by atoms with E-state index in [1.807, 2.05) is 12.1 Å². The quantitative estimate of drug-likeness (QED) is 0.435. The van der Waals surface area contributed by atoms with E-state index in [1.165, 1.54) is 24.1 Å². The van der Waals surface area contributed by atoms with Gasteiger partial charge in [-0.25, -0.2) is 14.1 Å². The number of nitrogens with zero attached hydrogens (tertiary/aromatic N) is 5. The van der Waals surface area contributed by atoms with E-state index in [1.54, 1.807) is 23.1 Å². The summed E-state index contributed by atoms with van der Waals surface area (Å²) in [7, 11) is 0. The predicted molar refractivity (Wildman–Crippen MR) is 126 cm³/mol. The van der Waals surface area contributed by atoms with Crippen molar-refractivity contribution < 1.29 is 9.13 Å². The second kappa shape index (κ2) is 9.07.